The lowest BCUT2D eigenvalue weighted by molar-refractivity contribution is 1.49. The van der Waals surface area contributed by atoms with Crippen LogP contribution in [0.3, 0.4) is 0 Å². The molecule has 0 atom stereocenters. The molecule has 110 valence electrons. The van der Waals surface area contributed by atoms with Crippen LogP contribution in [0.25, 0.3) is 21.6 Å². The molecule has 0 amide bonds. The zero-order valence-corrected chi connectivity index (χ0v) is 15.3. The smallest absolute Gasteiger partial charge is 0.113 e. The predicted molar refractivity (Wildman–Crippen MR) is 101 cm³/mol. The normalized spacial score (nSPS) is 14.7. The molecule has 0 saturated heterocycles. The predicted octanol–water partition coefficient (Wildman–Crippen LogP) is 4.83. The Hall–Kier alpha value is -1.64. The summed E-state index contributed by atoms with van der Waals surface area (Å²) in [5.41, 5.74) is 5.68. The van der Waals surface area contributed by atoms with Gasteiger partial charge in [-0.1, -0.05) is 55.1 Å². The summed E-state index contributed by atoms with van der Waals surface area (Å²) in [6, 6.07) is 18.5. The van der Waals surface area contributed by atoms with Gasteiger partial charge in [-0.2, -0.15) is 0 Å². The zero-order chi connectivity index (χ0) is 15.5. The third-order valence-electron chi connectivity index (χ3n) is 4.86. The minimum atomic E-state index is -1.57. The van der Waals surface area contributed by atoms with Crippen molar-refractivity contribution < 1.29 is 0 Å². The van der Waals surface area contributed by atoms with Crippen molar-refractivity contribution in [1.29, 1.82) is 0 Å². The van der Waals surface area contributed by atoms with Gasteiger partial charge in [0.2, 0.25) is 0 Å². The van der Waals surface area contributed by atoms with Gasteiger partial charge in [0.25, 0.3) is 0 Å². The van der Waals surface area contributed by atoms with Gasteiger partial charge in [-0.25, -0.2) is 0 Å². The highest BCUT2D eigenvalue weighted by Gasteiger charge is 2.37. The molecule has 0 saturated carbocycles. The molecule has 0 spiro atoms. The number of hydrogen-bond donors (Lipinski definition) is 0. The third kappa shape index (κ3) is 1.94. The van der Waals surface area contributed by atoms with Crippen LogP contribution in [0.4, 0.5) is 0 Å². The Bertz CT molecular complexity index is 886. The molecular weight excluding hydrogens is 300 g/mol. The molecule has 4 rings (SSSR count). The SMILES string of the molecule is Cc1ccc2c(c1)[Si](C)(C)c1cc(-c3ccc(C)s3)ccc1-2. The molecule has 0 radical (unpaired) electrons. The second kappa shape index (κ2) is 4.67. The molecule has 2 heteroatoms. The van der Waals surface area contributed by atoms with Crippen molar-refractivity contribution in [2.45, 2.75) is 26.9 Å². The van der Waals surface area contributed by atoms with E-state index in [1.54, 1.807) is 10.4 Å². The topological polar surface area (TPSA) is 0 Å². The van der Waals surface area contributed by atoms with Crippen LogP contribution >= 0.6 is 11.3 Å². The standard InChI is InChI=1S/C20H20SSi/c1-13-5-8-16-17-9-7-15(18-10-6-14(2)21-18)12-20(17)22(3,4)19(16)11-13/h5-12H,1-4H3. The second-order valence-corrected chi connectivity index (χ2v) is 12.5. The third-order valence-corrected chi connectivity index (χ3v) is 9.43. The van der Waals surface area contributed by atoms with Crippen molar-refractivity contribution in [3.63, 3.8) is 0 Å². The van der Waals surface area contributed by atoms with Gasteiger partial charge < -0.3 is 0 Å². The minimum absolute atomic E-state index is 1.38. The molecule has 3 aromatic rings. The monoisotopic (exact) mass is 320 g/mol. The van der Waals surface area contributed by atoms with Crippen LogP contribution in [-0.4, -0.2) is 8.07 Å². The van der Waals surface area contributed by atoms with Crippen LogP contribution in [0.15, 0.2) is 48.5 Å². The molecule has 2 aromatic carbocycles. The molecule has 0 unspecified atom stereocenters. The Morgan fingerprint density at radius 1 is 0.773 bits per heavy atom. The van der Waals surface area contributed by atoms with Crippen LogP contribution < -0.4 is 10.4 Å². The van der Waals surface area contributed by atoms with Gasteiger partial charge in [-0.15, -0.1) is 11.3 Å². The average molecular weight is 321 g/mol. The molecule has 1 aliphatic heterocycles. The van der Waals surface area contributed by atoms with Crippen molar-refractivity contribution in [3.05, 3.63) is 59.0 Å². The highest BCUT2D eigenvalue weighted by atomic mass is 32.1. The summed E-state index contributed by atoms with van der Waals surface area (Å²) >= 11 is 1.89. The first-order chi connectivity index (χ1) is 10.5. The first-order valence-electron chi connectivity index (χ1n) is 7.79. The maximum absolute atomic E-state index is 2.49. The van der Waals surface area contributed by atoms with E-state index in [0.717, 1.165) is 0 Å². The average Bonchev–Trinajstić information content (AvgIpc) is 3.01. The molecule has 0 fully saturated rings. The summed E-state index contributed by atoms with van der Waals surface area (Å²) in [7, 11) is -1.57. The van der Waals surface area contributed by atoms with Gasteiger partial charge in [-0.3, -0.25) is 0 Å². The summed E-state index contributed by atoms with van der Waals surface area (Å²) in [6.45, 7) is 9.35. The van der Waals surface area contributed by atoms with Gasteiger partial charge in [0, 0.05) is 9.75 Å². The van der Waals surface area contributed by atoms with Crippen LogP contribution in [0.2, 0.25) is 13.1 Å². The molecule has 22 heavy (non-hydrogen) atoms. The maximum Gasteiger partial charge on any atom is 0.113 e. The number of fused-ring (bicyclic) bond motifs is 3. The molecule has 0 N–H and O–H groups in total. The van der Waals surface area contributed by atoms with Crippen LogP contribution in [-0.2, 0) is 0 Å². The molecular formula is C20H20SSi. The van der Waals surface area contributed by atoms with E-state index < -0.39 is 8.07 Å². The van der Waals surface area contributed by atoms with Gasteiger partial charge >= 0.3 is 0 Å². The first-order valence-corrected chi connectivity index (χ1v) is 11.6. The zero-order valence-electron chi connectivity index (χ0n) is 13.5. The van der Waals surface area contributed by atoms with E-state index in [1.165, 1.54) is 32.0 Å². The lowest BCUT2D eigenvalue weighted by Crippen LogP contribution is -2.49. The molecule has 1 aliphatic rings. The van der Waals surface area contributed by atoms with Gasteiger partial charge in [0.1, 0.15) is 8.07 Å². The fourth-order valence-electron chi connectivity index (χ4n) is 3.59. The Kier molecular flexibility index (Phi) is 2.97. The van der Waals surface area contributed by atoms with Crippen LogP contribution in [0.1, 0.15) is 10.4 Å². The number of thiophene rings is 1. The Labute approximate surface area is 137 Å². The fourth-order valence-corrected chi connectivity index (χ4v) is 7.64. The van der Waals surface area contributed by atoms with Crippen molar-refractivity contribution in [2.75, 3.05) is 0 Å². The quantitative estimate of drug-likeness (QED) is 0.563. The van der Waals surface area contributed by atoms with Crippen LogP contribution in [0.5, 0.6) is 0 Å². The summed E-state index contributed by atoms with van der Waals surface area (Å²) < 4.78 is 0. The van der Waals surface area contributed by atoms with Crippen molar-refractivity contribution in [1.82, 2.24) is 0 Å². The Morgan fingerprint density at radius 3 is 2.14 bits per heavy atom. The Balaban J connectivity index is 1.93. The largest absolute Gasteiger partial charge is 0.141 e. The summed E-state index contributed by atoms with van der Waals surface area (Å²) in [5.74, 6) is 0. The maximum atomic E-state index is 2.49. The fraction of sp³-hybridized carbons (Fsp3) is 0.200. The van der Waals surface area contributed by atoms with Crippen molar-refractivity contribution in [3.8, 4) is 21.6 Å². The van der Waals surface area contributed by atoms with Crippen molar-refractivity contribution >= 4 is 29.8 Å². The van der Waals surface area contributed by atoms with Gasteiger partial charge in [-0.05, 0) is 53.0 Å². The van der Waals surface area contributed by atoms with E-state index in [0.29, 0.717) is 0 Å². The minimum Gasteiger partial charge on any atom is -0.141 e. The number of rotatable bonds is 1. The van der Waals surface area contributed by atoms with E-state index >= 15 is 0 Å². The van der Waals surface area contributed by atoms with Crippen LogP contribution in [0, 0.1) is 13.8 Å². The molecule has 0 bridgehead atoms. The van der Waals surface area contributed by atoms with E-state index in [9.17, 15) is 0 Å². The highest BCUT2D eigenvalue weighted by molar-refractivity contribution is 7.15. The summed E-state index contributed by atoms with van der Waals surface area (Å²) in [6.07, 6.45) is 0. The number of hydrogen-bond acceptors (Lipinski definition) is 1. The molecule has 2 heterocycles. The second-order valence-electron chi connectivity index (χ2n) is 6.84. The highest BCUT2D eigenvalue weighted by Crippen LogP contribution is 2.33. The van der Waals surface area contributed by atoms with E-state index in [1.807, 2.05) is 11.3 Å². The Morgan fingerprint density at radius 2 is 1.45 bits per heavy atom. The molecule has 0 nitrogen and oxygen atoms in total. The number of benzene rings is 2. The van der Waals surface area contributed by atoms with Crippen molar-refractivity contribution in [2.24, 2.45) is 0 Å². The molecule has 1 aromatic heterocycles. The van der Waals surface area contributed by atoms with E-state index in [2.05, 4.69) is 75.5 Å². The summed E-state index contributed by atoms with van der Waals surface area (Å²) in [4.78, 5) is 2.77. The lowest BCUT2D eigenvalue weighted by Gasteiger charge is -2.19. The van der Waals surface area contributed by atoms with Gasteiger partial charge in [0.15, 0.2) is 0 Å². The van der Waals surface area contributed by atoms with E-state index in [4.69, 9.17) is 0 Å². The molecule has 0 aliphatic carbocycles. The lowest BCUT2D eigenvalue weighted by atomic mass is 10.0. The van der Waals surface area contributed by atoms with E-state index in [-0.39, 0.29) is 0 Å². The first kappa shape index (κ1) is 14.0. The summed E-state index contributed by atoms with van der Waals surface area (Å²) in [5, 5.41) is 3.19. The van der Waals surface area contributed by atoms with Gasteiger partial charge in [0.05, 0.1) is 0 Å². The number of aryl methyl sites for hydroxylation is 2.